The lowest BCUT2D eigenvalue weighted by Crippen LogP contribution is -2.54. The zero-order valence-corrected chi connectivity index (χ0v) is 19.7. The molecule has 174 valence electrons. The molecule has 0 radical (unpaired) electrons. The van der Waals surface area contributed by atoms with Crippen LogP contribution >= 0.6 is 11.6 Å². The van der Waals surface area contributed by atoms with Crippen LogP contribution in [0.3, 0.4) is 0 Å². The molecular weight excluding hydrogens is 454 g/mol. The molecule has 2 aromatic carbocycles. The fourth-order valence-electron chi connectivity index (χ4n) is 4.73. The first-order valence-corrected chi connectivity index (χ1v) is 11.8. The maximum Gasteiger partial charge on any atom is 0.262 e. The second-order valence-corrected chi connectivity index (χ2v) is 9.25. The molecule has 3 amide bonds. The molecule has 0 fully saturated rings. The van der Waals surface area contributed by atoms with E-state index in [-0.39, 0.29) is 18.4 Å². The topological polar surface area (TPSA) is 83.7 Å². The molecule has 5 rings (SSSR count). The number of benzene rings is 2. The molecule has 1 aromatic heterocycles. The Morgan fingerprint density at radius 3 is 2.35 bits per heavy atom. The largest absolute Gasteiger partial charge is 0.356 e. The number of hydrogen-bond donors (Lipinski definition) is 0. The third-order valence-corrected chi connectivity index (χ3v) is 7.05. The SMILES string of the molecule is CCC(C)C(C(=O)N1CCc2c(noc2-c2ccc(Cl)cc2)C1)N1C(=O)c2ccccc2C1=O. The van der Waals surface area contributed by atoms with Crippen LogP contribution in [0.15, 0.2) is 53.1 Å². The molecule has 0 N–H and O–H groups in total. The Morgan fingerprint density at radius 1 is 1.09 bits per heavy atom. The van der Waals surface area contributed by atoms with E-state index < -0.39 is 17.9 Å². The summed E-state index contributed by atoms with van der Waals surface area (Å²) in [6.45, 7) is 4.56. The van der Waals surface area contributed by atoms with E-state index in [0.29, 0.717) is 47.0 Å². The van der Waals surface area contributed by atoms with Gasteiger partial charge in [0.2, 0.25) is 5.91 Å². The lowest BCUT2D eigenvalue weighted by Gasteiger charge is -2.35. The Bertz CT molecular complexity index is 1250. The van der Waals surface area contributed by atoms with Crippen molar-refractivity contribution >= 4 is 29.3 Å². The first-order valence-electron chi connectivity index (χ1n) is 11.4. The normalized spacial score (nSPS) is 16.9. The number of halogens is 1. The molecule has 0 saturated carbocycles. The third kappa shape index (κ3) is 3.60. The molecule has 0 spiro atoms. The van der Waals surface area contributed by atoms with E-state index in [1.165, 1.54) is 0 Å². The van der Waals surface area contributed by atoms with Crippen LogP contribution in [0, 0.1) is 5.92 Å². The standard InChI is InChI=1S/C26H24ClN3O4/c1-3-15(2)22(30-24(31)18-6-4-5-7-19(18)25(30)32)26(33)29-13-12-20-21(14-29)28-34-23(20)16-8-10-17(27)11-9-16/h4-11,15,22H,3,12-14H2,1-2H3. The Morgan fingerprint density at radius 2 is 1.74 bits per heavy atom. The van der Waals surface area contributed by atoms with Crippen molar-refractivity contribution in [3.05, 3.63) is 75.9 Å². The van der Waals surface area contributed by atoms with Gasteiger partial charge >= 0.3 is 0 Å². The van der Waals surface area contributed by atoms with E-state index in [1.807, 2.05) is 26.0 Å². The molecule has 3 heterocycles. The smallest absolute Gasteiger partial charge is 0.262 e. The highest BCUT2D eigenvalue weighted by Gasteiger charge is 2.46. The molecule has 2 aliphatic rings. The maximum absolute atomic E-state index is 13.8. The number of fused-ring (bicyclic) bond motifs is 2. The van der Waals surface area contributed by atoms with Gasteiger partial charge in [0, 0.05) is 22.7 Å². The van der Waals surface area contributed by atoms with Crippen molar-refractivity contribution in [1.82, 2.24) is 15.0 Å². The second-order valence-electron chi connectivity index (χ2n) is 8.81. The van der Waals surface area contributed by atoms with Crippen molar-refractivity contribution in [2.24, 2.45) is 5.92 Å². The third-order valence-electron chi connectivity index (χ3n) is 6.80. The number of carbonyl (C=O) groups is 3. The Hall–Kier alpha value is -3.45. The number of imide groups is 1. The van der Waals surface area contributed by atoms with Crippen LogP contribution in [0.25, 0.3) is 11.3 Å². The van der Waals surface area contributed by atoms with Crippen molar-refractivity contribution in [3.63, 3.8) is 0 Å². The minimum atomic E-state index is -0.874. The maximum atomic E-state index is 13.8. The summed E-state index contributed by atoms with van der Waals surface area (Å²) in [5.41, 5.74) is 3.22. The van der Waals surface area contributed by atoms with Crippen LogP contribution in [0.5, 0.6) is 0 Å². The van der Waals surface area contributed by atoms with Gasteiger partial charge in [-0.15, -0.1) is 0 Å². The van der Waals surface area contributed by atoms with Crippen LogP contribution in [-0.4, -0.2) is 45.3 Å². The van der Waals surface area contributed by atoms with E-state index in [0.717, 1.165) is 16.0 Å². The van der Waals surface area contributed by atoms with Crippen molar-refractivity contribution in [1.29, 1.82) is 0 Å². The van der Waals surface area contributed by atoms with Gasteiger partial charge in [0.25, 0.3) is 11.8 Å². The second kappa shape index (κ2) is 8.72. The minimum Gasteiger partial charge on any atom is -0.356 e. The predicted molar refractivity (Wildman–Crippen MR) is 126 cm³/mol. The van der Waals surface area contributed by atoms with E-state index in [1.54, 1.807) is 41.3 Å². The average Bonchev–Trinajstić information content (AvgIpc) is 3.39. The Kier molecular flexibility index (Phi) is 5.73. The number of hydrogen-bond acceptors (Lipinski definition) is 5. The zero-order chi connectivity index (χ0) is 24.0. The molecule has 8 heteroatoms. The zero-order valence-electron chi connectivity index (χ0n) is 19.0. The van der Waals surface area contributed by atoms with Crippen LogP contribution < -0.4 is 0 Å². The molecule has 34 heavy (non-hydrogen) atoms. The highest BCUT2D eigenvalue weighted by molar-refractivity contribution is 6.30. The van der Waals surface area contributed by atoms with E-state index in [2.05, 4.69) is 5.16 Å². The van der Waals surface area contributed by atoms with Gasteiger partial charge in [-0.05, 0) is 48.7 Å². The number of aromatic nitrogens is 1. The number of nitrogens with zero attached hydrogens (tertiary/aromatic N) is 3. The van der Waals surface area contributed by atoms with Gasteiger partial charge in [0.15, 0.2) is 5.76 Å². The van der Waals surface area contributed by atoms with Crippen molar-refractivity contribution in [2.75, 3.05) is 6.54 Å². The summed E-state index contributed by atoms with van der Waals surface area (Å²) in [4.78, 5) is 42.9. The lowest BCUT2D eigenvalue weighted by molar-refractivity contribution is -0.138. The summed E-state index contributed by atoms with van der Waals surface area (Å²) >= 11 is 6.00. The van der Waals surface area contributed by atoms with Crippen LogP contribution in [0.1, 0.15) is 52.2 Å². The van der Waals surface area contributed by atoms with Crippen LogP contribution in [0.4, 0.5) is 0 Å². The van der Waals surface area contributed by atoms with Gasteiger partial charge in [-0.2, -0.15) is 0 Å². The summed E-state index contributed by atoms with van der Waals surface area (Å²) in [5.74, 6) is -0.590. The van der Waals surface area contributed by atoms with Crippen LogP contribution in [0.2, 0.25) is 5.02 Å². The molecule has 0 aliphatic carbocycles. The van der Waals surface area contributed by atoms with Crippen molar-refractivity contribution < 1.29 is 18.9 Å². The van der Waals surface area contributed by atoms with E-state index in [4.69, 9.17) is 16.1 Å². The fourth-order valence-corrected chi connectivity index (χ4v) is 4.85. The summed E-state index contributed by atoms with van der Waals surface area (Å²) in [6.07, 6.45) is 1.21. The molecule has 3 aromatic rings. The summed E-state index contributed by atoms with van der Waals surface area (Å²) in [5, 5.41) is 4.86. The summed E-state index contributed by atoms with van der Waals surface area (Å²) < 4.78 is 5.63. The first kappa shape index (κ1) is 22.3. The van der Waals surface area contributed by atoms with Gasteiger partial charge in [-0.3, -0.25) is 19.3 Å². The summed E-state index contributed by atoms with van der Waals surface area (Å²) in [6, 6.07) is 13.2. The van der Waals surface area contributed by atoms with Gasteiger partial charge in [0.1, 0.15) is 11.7 Å². The monoisotopic (exact) mass is 477 g/mol. The number of carbonyl (C=O) groups excluding carboxylic acids is 3. The molecule has 2 atom stereocenters. The Balaban J connectivity index is 1.42. The molecule has 0 saturated heterocycles. The van der Waals surface area contributed by atoms with Crippen molar-refractivity contribution in [2.45, 2.75) is 39.3 Å². The lowest BCUT2D eigenvalue weighted by atomic mass is 9.94. The van der Waals surface area contributed by atoms with E-state index >= 15 is 0 Å². The van der Waals surface area contributed by atoms with Gasteiger partial charge in [-0.25, -0.2) is 0 Å². The molecule has 0 bridgehead atoms. The fraction of sp³-hybridized carbons (Fsp3) is 0.308. The van der Waals surface area contributed by atoms with Gasteiger partial charge < -0.3 is 9.42 Å². The van der Waals surface area contributed by atoms with Gasteiger partial charge in [0.05, 0.1) is 17.7 Å². The summed E-state index contributed by atoms with van der Waals surface area (Å²) in [7, 11) is 0. The van der Waals surface area contributed by atoms with E-state index in [9.17, 15) is 14.4 Å². The highest BCUT2D eigenvalue weighted by Crippen LogP contribution is 2.33. The number of rotatable bonds is 5. The average molecular weight is 478 g/mol. The quantitative estimate of drug-likeness (QED) is 0.502. The molecule has 2 aliphatic heterocycles. The van der Waals surface area contributed by atoms with Crippen LogP contribution in [-0.2, 0) is 17.8 Å². The molecule has 7 nitrogen and oxygen atoms in total. The predicted octanol–water partition coefficient (Wildman–Crippen LogP) is 4.59. The molecular formula is C26H24ClN3O4. The van der Waals surface area contributed by atoms with Gasteiger partial charge in [-0.1, -0.05) is 49.2 Å². The number of amides is 3. The molecule has 2 unspecified atom stereocenters. The minimum absolute atomic E-state index is 0.196. The first-order chi connectivity index (χ1) is 16.4. The van der Waals surface area contributed by atoms with Crippen molar-refractivity contribution in [3.8, 4) is 11.3 Å². The highest BCUT2D eigenvalue weighted by atomic mass is 35.5. The Labute approximate surface area is 202 Å².